The summed E-state index contributed by atoms with van der Waals surface area (Å²) in [5.41, 5.74) is 2.08. The fraction of sp³-hybridized carbons (Fsp3) is 0.308. The average molecular weight is 247 g/mol. The molecular weight excluding hydrogens is 230 g/mol. The molecular formula is C13H17N3S. The number of hydrogen-bond acceptors (Lipinski definition) is 4. The lowest BCUT2D eigenvalue weighted by Crippen LogP contribution is -2.17. The van der Waals surface area contributed by atoms with E-state index < -0.39 is 0 Å². The minimum absolute atomic E-state index is 0.405. The first-order valence-electron chi connectivity index (χ1n) is 5.69. The number of nitrogens with one attached hydrogen (secondary N) is 2. The summed E-state index contributed by atoms with van der Waals surface area (Å²) in [5.74, 6) is 0. The van der Waals surface area contributed by atoms with Crippen LogP contribution in [0.2, 0.25) is 0 Å². The maximum atomic E-state index is 4.18. The molecule has 0 saturated heterocycles. The van der Waals surface area contributed by atoms with Crippen molar-refractivity contribution in [3.63, 3.8) is 0 Å². The van der Waals surface area contributed by atoms with E-state index in [4.69, 9.17) is 0 Å². The number of thiophene rings is 1. The Labute approximate surface area is 106 Å². The second kappa shape index (κ2) is 5.68. The van der Waals surface area contributed by atoms with Gasteiger partial charge in [-0.1, -0.05) is 6.07 Å². The summed E-state index contributed by atoms with van der Waals surface area (Å²) in [4.78, 5) is 5.59. The van der Waals surface area contributed by atoms with Gasteiger partial charge in [0.25, 0.3) is 0 Å². The predicted molar refractivity (Wildman–Crippen MR) is 74.9 cm³/mol. The Morgan fingerprint density at radius 1 is 1.35 bits per heavy atom. The molecule has 0 amide bonds. The molecule has 2 N–H and O–H groups in total. The van der Waals surface area contributed by atoms with Crippen molar-refractivity contribution < 1.29 is 0 Å². The van der Waals surface area contributed by atoms with Crippen molar-refractivity contribution in [2.75, 3.05) is 17.7 Å². The maximum Gasteiger partial charge on any atom is 0.0549 e. The van der Waals surface area contributed by atoms with Gasteiger partial charge in [-0.05, 0) is 24.4 Å². The third kappa shape index (κ3) is 3.46. The van der Waals surface area contributed by atoms with Crippen LogP contribution in [-0.4, -0.2) is 18.1 Å². The molecule has 0 saturated carbocycles. The quantitative estimate of drug-likeness (QED) is 0.851. The molecule has 17 heavy (non-hydrogen) atoms. The Bertz CT molecular complexity index is 453. The van der Waals surface area contributed by atoms with Gasteiger partial charge in [0, 0.05) is 24.4 Å². The Kier molecular flexibility index (Phi) is 3.98. The van der Waals surface area contributed by atoms with E-state index >= 15 is 0 Å². The summed E-state index contributed by atoms with van der Waals surface area (Å²) in [7, 11) is 1.90. The molecule has 3 nitrogen and oxygen atoms in total. The number of anilines is 2. The fourth-order valence-electron chi connectivity index (χ4n) is 1.72. The third-order valence-electron chi connectivity index (χ3n) is 2.53. The smallest absolute Gasteiger partial charge is 0.0549 e. The van der Waals surface area contributed by atoms with E-state index in [0.717, 1.165) is 17.8 Å². The molecule has 0 radical (unpaired) electrons. The third-order valence-corrected chi connectivity index (χ3v) is 3.43. The second-order valence-electron chi connectivity index (χ2n) is 4.04. The molecule has 4 heteroatoms. The summed E-state index contributed by atoms with van der Waals surface area (Å²) in [6.45, 7) is 2.19. The molecule has 2 aromatic heterocycles. The lowest BCUT2D eigenvalue weighted by atomic mass is 10.2. The van der Waals surface area contributed by atoms with E-state index in [0.29, 0.717) is 6.04 Å². The first-order valence-corrected chi connectivity index (χ1v) is 6.57. The van der Waals surface area contributed by atoms with Crippen molar-refractivity contribution >= 4 is 22.7 Å². The molecule has 1 atom stereocenters. The van der Waals surface area contributed by atoms with Crippen LogP contribution >= 0.6 is 11.3 Å². The van der Waals surface area contributed by atoms with Crippen LogP contribution in [-0.2, 0) is 6.42 Å². The molecule has 90 valence electrons. The van der Waals surface area contributed by atoms with Gasteiger partial charge in [0.2, 0.25) is 0 Å². The second-order valence-corrected chi connectivity index (χ2v) is 5.07. The minimum atomic E-state index is 0.405. The zero-order valence-corrected chi connectivity index (χ0v) is 10.9. The number of nitrogens with zero attached hydrogens (tertiary/aromatic N) is 1. The first kappa shape index (κ1) is 11.9. The fourth-order valence-corrected chi connectivity index (χ4v) is 2.56. The predicted octanol–water partition coefficient (Wildman–Crippen LogP) is 3.23. The lowest BCUT2D eigenvalue weighted by molar-refractivity contribution is 0.800. The largest absolute Gasteiger partial charge is 0.387 e. The monoisotopic (exact) mass is 247 g/mol. The van der Waals surface area contributed by atoms with Crippen LogP contribution in [0.5, 0.6) is 0 Å². The topological polar surface area (TPSA) is 37.0 Å². The highest BCUT2D eigenvalue weighted by Crippen LogP contribution is 2.16. The van der Waals surface area contributed by atoms with Gasteiger partial charge in [-0.2, -0.15) is 0 Å². The van der Waals surface area contributed by atoms with Crippen molar-refractivity contribution in [3.05, 3.63) is 40.8 Å². The van der Waals surface area contributed by atoms with E-state index in [1.165, 1.54) is 4.88 Å². The zero-order valence-electron chi connectivity index (χ0n) is 10.1. The van der Waals surface area contributed by atoms with Crippen LogP contribution in [0.25, 0.3) is 0 Å². The number of hydrogen-bond donors (Lipinski definition) is 2. The Balaban J connectivity index is 1.95. The molecule has 0 spiro atoms. The number of rotatable bonds is 5. The Morgan fingerprint density at radius 3 is 2.88 bits per heavy atom. The molecule has 2 heterocycles. The molecule has 0 aliphatic carbocycles. The van der Waals surface area contributed by atoms with Gasteiger partial charge in [0.05, 0.1) is 23.8 Å². The van der Waals surface area contributed by atoms with E-state index in [-0.39, 0.29) is 0 Å². The number of pyridine rings is 1. The summed E-state index contributed by atoms with van der Waals surface area (Å²) < 4.78 is 0. The summed E-state index contributed by atoms with van der Waals surface area (Å²) >= 11 is 1.80. The van der Waals surface area contributed by atoms with Gasteiger partial charge in [-0.25, -0.2) is 0 Å². The van der Waals surface area contributed by atoms with E-state index in [2.05, 4.69) is 46.1 Å². The maximum absolute atomic E-state index is 4.18. The SMILES string of the molecule is CNc1cncc(NC(C)Cc2cccs2)c1. The van der Waals surface area contributed by atoms with Gasteiger partial charge in [-0.3, -0.25) is 4.98 Å². The van der Waals surface area contributed by atoms with Crippen molar-refractivity contribution in [2.45, 2.75) is 19.4 Å². The van der Waals surface area contributed by atoms with Crippen LogP contribution in [0.4, 0.5) is 11.4 Å². The standard InChI is InChI=1S/C13H17N3S/c1-10(6-13-4-3-5-17-13)16-12-7-11(14-2)8-15-9-12/h3-5,7-10,14,16H,6H2,1-2H3. The molecule has 1 unspecified atom stereocenters. The average Bonchev–Trinajstić information content (AvgIpc) is 2.82. The van der Waals surface area contributed by atoms with E-state index in [1.807, 2.05) is 19.4 Å². The van der Waals surface area contributed by atoms with Crippen molar-refractivity contribution in [1.82, 2.24) is 4.98 Å². The van der Waals surface area contributed by atoms with Gasteiger partial charge in [0.1, 0.15) is 0 Å². The molecule has 0 aliphatic heterocycles. The van der Waals surface area contributed by atoms with Crippen molar-refractivity contribution in [3.8, 4) is 0 Å². The Hall–Kier alpha value is -1.55. The van der Waals surface area contributed by atoms with E-state index in [9.17, 15) is 0 Å². The molecule has 0 fully saturated rings. The molecule has 0 aliphatic rings. The molecule has 2 rings (SSSR count). The highest BCUT2D eigenvalue weighted by atomic mass is 32.1. The van der Waals surface area contributed by atoms with E-state index in [1.54, 1.807) is 11.3 Å². The van der Waals surface area contributed by atoms with Gasteiger partial charge in [0.15, 0.2) is 0 Å². The van der Waals surface area contributed by atoms with Crippen LogP contribution in [0.1, 0.15) is 11.8 Å². The van der Waals surface area contributed by atoms with Crippen molar-refractivity contribution in [1.29, 1.82) is 0 Å². The van der Waals surface area contributed by atoms with Gasteiger partial charge < -0.3 is 10.6 Å². The van der Waals surface area contributed by atoms with Crippen molar-refractivity contribution in [2.24, 2.45) is 0 Å². The minimum Gasteiger partial charge on any atom is -0.387 e. The lowest BCUT2D eigenvalue weighted by Gasteiger charge is -2.14. The van der Waals surface area contributed by atoms with Gasteiger partial charge >= 0.3 is 0 Å². The highest BCUT2D eigenvalue weighted by molar-refractivity contribution is 7.09. The van der Waals surface area contributed by atoms with Crippen LogP contribution < -0.4 is 10.6 Å². The first-order chi connectivity index (χ1) is 8.28. The van der Waals surface area contributed by atoms with Gasteiger partial charge in [-0.15, -0.1) is 11.3 Å². The summed E-state index contributed by atoms with van der Waals surface area (Å²) in [6, 6.07) is 6.74. The normalized spacial score (nSPS) is 12.1. The Morgan fingerprint density at radius 2 is 2.18 bits per heavy atom. The van der Waals surface area contributed by atoms with Crippen LogP contribution in [0, 0.1) is 0 Å². The molecule has 0 bridgehead atoms. The summed E-state index contributed by atoms with van der Waals surface area (Å²) in [6.07, 6.45) is 4.71. The summed E-state index contributed by atoms with van der Waals surface area (Å²) in [5, 5.41) is 8.66. The van der Waals surface area contributed by atoms with Crippen LogP contribution in [0.3, 0.4) is 0 Å². The highest BCUT2D eigenvalue weighted by Gasteiger charge is 2.04. The molecule has 0 aromatic carbocycles. The zero-order chi connectivity index (χ0) is 12.1. The number of aromatic nitrogens is 1. The molecule has 2 aromatic rings. The van der Waals surface area contributed by atoms with Crippen LogP contribution in [0.15, 0.2) is 36.0 Å².